The third kappa shape index (κ3) is 7.94. The third-order valence-corrected chi connectivity index (χ3v) is 5.91. The number of nitrogens with two attached hydrogens (primary N) is 2. The van der Waals surface area contributed by atoms with E-state index in [1.54, 1.807) is 24.3 Å². The molecule has 0 saturated carbocycles. The smallest absolute Gasteiger partial charge is 0.328 e. The van der Waals surface area contributed by atoms with E-state index in [1.165, 1.54) is 12.1 Å². The second-order valence-corrected chi connectivity index (χ2v) is 8.47. The Kier molecular flexibility index (Phi) is 12.1. The highest BCUT2D eigenvalue weighted by Crippen LogP contribution is 2.30. The van der Waals surface area contributed by atoms with Gasteiger partial charge in [0.2, 0.25) is 11.8 Å². The summed E-state index contributed by atoms with van der Waals surface area (Å²) < 4.78 is 4.82. The molecule has 1 heterocycles. The van der Waals surface area contributed by atoms with Crippen LogP contribution in [0.25, 0.3) is 11.1 Å². The van der Waals surface area contributed by atoms with Crippen molar-refractivity contribution in [1.82, 2.24) is 10.6 Å². The largest absolute Gasteiger partial charge is 0.508 e. The van der Waals surface area contributed by atoms with Crippen molar-refractivity contribution in [2.24, 2.45) is 11.5 Å². The number of ether oxygens (including phenoxy) is 1. The second-order valence-electron chi connectivity index (χ2n) is 8.47. The molecule has 0 aliphatic carbocycles. The molecule has 0 unspecified atom stereocenters. The standard InChI is InChI=1S/C24H30N4O7.2ClH/c1-35-24(34)19-9-15-7-13(3-5-21(15)31)12-2-4-20(30)14(6-12)8-17(26)22(32)27-18(23(33)28-19)10-16(29)11-25;;/h2-7,16-19,29-31H,8-11,25-26H2,1H3,(H,27,32)(H,28,33);2*1H/t16-,17+,18-,19-;;/m1../s1. The summed E-state index contributed by atoms with van der Waals surface area (Å²) in [6.45, 7) is -0.159. The number of carbonyl (C=O) groups is 3. The topological polar surface area (TPSA) is 197 Å². The lowest BCUT2D eigenvalue weighted by atomic mass is 9.95. The molecule has 0 spiro atoms. The molecular formula is C24H32Cl2N4O7. The average molecular weight is 559 g/mol. The molecule has 2 aromatic carbocycles. The molecule has 1 aliphatic heterocycles. The first-order chi connectivity index (χ1) is 16.6. The molecule has 4 atom stereocenters. The SMILES string of the molecule is COC(=O)[C@H]1Cc2cc(ccc2O)-c2ccc(O)c(c2)C[C@H](N)C(=O)N[C@H](C[C@@H](O)CN)C(=O)N1.Cl.Cl. The predicted molar refractivity (Wildman–Crippen MR) is 141 cm³/mol. The van der Waals surface area contributed by atoms with Crippen molar-refractivity contribution in [3.63, 3.8) is 0 Å². The van der Waals surface area contributed by atoms with Crippen molar-refractivity contribution >= 4 is 42.6 Å². The van der Waals surface area contributed by atoms with Gasteiger partial charge in [0.15, 0.2) is 0 Å². The van der Waals surface area contributed by atoms with E-state index in [0.29, 0.717) is 22.3 Å². The lowest BCUT2D eigenvalue weighted by Crippen LogP contribution is -2.56. The van der Waals surface area contributed by atoms with Crippen LogP contribution in [-0.2, 0) is 32.0 Å². The highest BCUT2D eigenvalue weighted by atomic mass is 35.5. The molecule has 204 valence electrons. The summed E-state index contributed by atoms with van der Waals surface area (Å²) in [6.07, 6.45) is -1.48. The Morgan fingerprint density at radius 1 is 1.00 bits per heavy atom. The first-order valence-corrected chi connectivity index (χ1v) is 11.1. The number of carbonyl (C=O) groups excluding carboxylic acids is 3. The zero-order valence-corrected chi connectivity index (χ0v) is 21.7. The quantitative estimate of drug-likeness (QED) is 0.250. The highest BCUT2D eigenvalue weighted by Gasteiger charge is 2.31. The fourth-order valence-electron chi connectivity index (χ4n) is 3.89. The molecule has 11 nitrogen and oxygen atoms in total. The van der Waals surface area contributed by atoms with Crippen LogP contribution < -0.4 is 22.1 Å². The summed E-state index contributed by atoms with van der Waals surface area (Å²) in [5.41, 5.74) is 13.7. The Morgan fingerprint density at radius 3 is 2.05 bits per heavy atom. The third-order valence-electron chi connectivity index (χ3n) is 5.91. The Balaban J connectivity index is 0.00000342. The van der Waals surface area contributed by atoms with E-state index in [-0.39, 0.29) is 62.1 Å². The fourth-order valence-corrected chi connectivity index (χ4v) is 3.89. The molecule has 4 bridgehead atoms. The van der Waals surface area contributed by atoms with Crippen molar-refractivity contribution in [1.29, 1.82) is 0 Å². The van der Waals surface area contributed by atoms with E-state index in [4.69, 9.17) is 16.2 Å². The lowest BCUT2D eigenvalue weighted by Gasteiger charge is -2.25. The van der Waals surface area contributed by atoms with Gasteiger partial charge >= 0.3 is 5.97 Å². The Labute approximate surface area is 226 Å². The average Bonchev–Trinajstić information content (AvgIpc) is 2.84. The number of hydrogen-bond acceptors (Lipinski definition) is 9. The number of rotatable bonds is 4. The van der Waals surface area contributed by atoms with E-state index >= 15 is 0 Å². The van der Waals surface area contributed by atoms with E-state index in [9.17, 15) is 29.7 Å². The molecule has 9 N–H and O–H groups in total. The number of phenolic OH excluding ortho intramolecular Hbond substituents is 2. The number of aliphatic hydroxyl groups excluding tert-OH is 1. The Bertz CT molecular complexity index is 1120. The van der Waals surface area contributed by atoms with Crippen LogP contribution in [-0.4, -0.2) is 71.0 Å². The van der Waals surface area contributed by atoms with Gasteiger partial charge in [-0.25, -0.2) is 4.79 Å². The number of fused-ring (bicyclic) bond motifs is 5. The van der Waals surface area contributed by atoms with Crippen LogP contribution in [0.15, 0.2) is 36.4 Å². The van der Waals surface area contributed by atoms with Gasteiger partial charge in [0.25, 0.3) is 0 Å². The van der Waals surface area contributed by atoms with Crippen LogP contribution in [0.4, 0.5) is 0 Å². The Morgan fingerprint density at radius 2 is 1.54 bits per heavy atom. The van der Waals surface area contributed by atoms with E-state index in [1.807, 2.05) is 0 Å². The van der Waals surface area contributed by atoms with Gasteiger partial charge in [-0.1, -0.05) is 12.1 Å². The molecule has 0 fully saturated rings. The minimum atomic E-state index is -1.26. The van der Waals surface area contributed by atoms with Crippen molar-refractivity contribution in [2.45, 2.75) is 43.5 Å². The summed E-state index contributed by atoms with van der Waals surface area (Å²) >= 11 is 0. The maximum atomic E-state index is 13.1. The number of esters is 1. The highest BCUT2D eigenvalue weighted by molar-refractivity contribution is 5.92. The number of phenols is 2. The second kappa shape index (κ2) is 14.0. The number of benzene rings is 2. The van der Waals surface area contributed by atoms with Crippen LogP contribution in [0.5, 0.6) is 11.5 Å². The monoisotopic (exact) mass is 558 g/mol. The van der Waals surface area contributed by atoms with Gasteiger partial charge in [-0.2, -0.15) is 0 Å². The molecule has 1 aliphatic rings. The summed E-state index contributed by atoms with van der Waals surface area (Å²) in [6, 6.07) is 6.02. The Hall–Kier alpha value is -3.09. The van der Waals surface area contributed by atoms with Crippen LogP contribution in [0.2, 0.25) is 0 Å². The number of nitrogens with one attached hydrogen (secondary N) is 2. The van der Waals surface area contributed by atoms with Gasteiger partial charge in [-0.05, 0) is 46.5 Å². The molecule has 2 amide bonds. The summed E-state index contributed by atoms with van der Waals surface area (Å²) in [5, 5.41) is 35.8. The molecule has 13 heteroatoms. The maximum Gasteiger partial charge on any atom is 0.328 e. The number of aromatic hydroxyl groups is 2. The number of aliphatic hydroxyl groups is 1. The van der Waals surface area contributed by atoms with Gasteiger partial charge in [0, 0.05) is 25.8 Å². The molecular weight excluding hydrogens is 527 g/mol. The normalized spacial score (nSPS) is 20.5. The first kappa shape index (κ1) is 31.9. The van der Waals surface area contributed by atoms with Crippen LogP contribution in [0.3, 0.4) is 0 Å². The number of hydrogen-bond donors (Lipinski definition) is 7. The first-order valence-electron chi connectivity index (χ1n) is 11.1. The molecule has 0 aromatic heterocycles. The van der Waals surface area contributed by atoms with Crippen molar-refractivity contribution in [3.8, 4) is 22.6 Å². The maximum absolute atomic E-state index is 13.1. The van der Waals surface area contributed by atoms with Gasteiger partial charge < -0.3 is 42.2 Å². The van der Waals surface area contributed by atoms with E-state index in [2.05, 4.69) is 10.6 Å². The van der Waals surface area contributed by atoms with Gasteiger partial charge in [0.1, 0.15) is 23.6 Å². The van der Waals surface area contributed by atoms with Crippen molar-refractivity contribution in [2.75, 3.05) is 13.7 Å². The van der Waals surface area contributed by atoms with Crippen molar-refractivity contribution in [3.05, 3.63) is 47.5 Å². The summed E-state index contributed by atoms with van der Waals surface area (Å²) in [4.78, 5) is 38.4. The van der Waals surface area contributed by atoms with Gasteiger partial charge in [-0.15, -0.1) is 24.8 Å². The summed E-state index contributed by atoms with van der Waals surface area (Å²) in [7, 11) is 1.16. The minimum absolute atomic E-state index is 0. The van der Waals surface area contributed by atoms with Gasteiger partial charge in [-0.3, -0.25) is 9.59 Å². The van der Waals surface area contributed by atoms with Crippen LogP contribution >= 0.6 is 24.8 Å². The molecule has 0 radical (unpaired) electrons. The molecule has 0 saturated heterocycles. The number of methoxy groups -OCH3 is 1. The minimum Gasteiger partial charge on any atom is -0.508 e. The molecule has 2 aromatic rings. The number of halogens is 2. The van der Waals surface area contributed by atoms with E-state index in [0.717, 1.165) is 7.11 Å². The van der Waals surface area contributed by atoms with E-state index < -0.39 is 42.0 Å². The molecule has 3 rings (SSSR count). The van der Waals surface area contributed by atoms with Gasteiger partial charge in [0.05, 0.1) is 19.3 Å². The number of amides is 2. The van der Waals surface area contributed by atoms with Crippen LogP contribution in [0, 0.1) is 0 Å². The zero-order valence-electron chi connectivity index (χ0n) is 20.0. The van der Waals surface area contributed by atoms with Crippen LogP contribution in [0.1, 0.15) is 17.5 Å². The fraction of sp³-hybridized carbons (Fsp3) is 0.375. The zero-order chi connectivity index (χ0) is 25.7. The lowest BCUT2D eigenvalue weighted by molar-refractivity contribution is -0.145. The molecule has 37 heavy (non-hydrogen) atoms. The predicted octanol–water partition coefficient (Wildman–Crippen LogP) is -0.113. The van der Waals surface area contributed by atoms with Crippen molar-refractivity contribution < 1.29 is 34.4 Å². The summed E-state index contributed by atoms with van der Waals surface area (Å²) in [5.74, 6) is -2.37.